The zero-order valence-electron chi connectivity index (χ0n) is 11.6. The quantitative estimate of drug-likeness (QED) is 0.677. The number of rotatable bonds is 1. The lowest BCUT2D eigenvalue weighted by Gasteiger charge is -2.04. The second-order valence-electron chi connectivity index (χ2n) is 4.96. The maximum atomic E-state index is 5.42. The molecule has 6 heteroatoms. The van der Waals surface area contributed by atoms with Crippen LogP contribution in [0.2, 0.25) is 0 Å². The van der Waals surface area contributed by atoms with E-state index in [2.05, 4.69) is 25.9 Å². The zero-order valence-corrected chi connectivity index (χ0v) is 13.1. The van der Waals surface area contributed by atoms with E-state index >= 15 is 0 Å². The van der Waals surface area contributed by atoms with E-state index in [9.17, 15) is 0 Å². The van der Waals surface area contributed by atoms with Gasteiger partial charge in [-0.05, 0) is 48.0 Å². The van der Waals surface area contributed by atoms with E-state index in [1.54, 1.807) is 0 Å². The fraction of sp³-hybridized carbons (Fsp3) is 0.200. The van der Waals surface area contributed by atoms with E-state index in [0.29, 0.717) is 5.78 Å². The average molecular weight is 346 g/mol. The van der Waals surface area contributed by atoms with E-state index in [4.69, 9.17) is 9.47 Å². The predicted molar refractivity (Wildman–Crippen MR) is 81.7 cm³/mol. The van der Waals surface area contributed by atoms with Gasteiger partial charge in [-0.2, -0.15) is 0 Å². The second-order valence-corrected chi connectivity index (χ2v) is 5.75. The van der Waals surface area contributed by atoms with Crippen LogP contribution in [0.15, 0.2) is 28.9 Å². The number of ether oxygens (including phenoxy) is 2. The first-order valence-electron chi connectivity index (χ1n) is 6.55. The lowest BCUT2D eigenvalue weighted by Crippen LogP contribution is -1.97. The molecule has 0 N–H and O–H groups in total. The maximum absolute atomic E-state index is 5.42. The fourth-order valence-electron chi connectivity index (χ4n) is 2.46. The van der Waals surface area contributed by atoms with Gasteiger partial charge in [0.15, 0.2) is 11.5 Å². The molecule has 0 radical (unpaired) electrons. The largest absolute Gasteiger partial charge is 0.454 e. The Morgan fingerprint density at radius 3 is 2.81 bits per heavy atom. The molecule has 0 saturated carbocycles. The zero-order chi connectivity index (χ0) is 14.6. The van der Waals surface area contributed by atoms with Crippen LogP contribution in [-0.2, 0) is 0 Å². The summed E-state index contributed by atoms with van der Waals surface area (Å²) in [5.74, 6) is 2.22. The molecule has 0 saturated heterocycles. The van der Waals surface area contributed by atoms with Gasteiger partial charge in [-0.15, -0.1) is 0 Å². The number of aryl methyl sites for hydroxylation is 2. The Kier molecular flexibility index (Phi) is 2.68. The predicted octanol–water partition coefficient (Wildman–Crippen LogP) is 3.50. The number of halogens is 1. The van der Waals surface area contributed by atoms with Crippen molar-refractivity contribution < 1.29 is 9.47 Å². The summed E-state index contributed by atoms with van der Waals surface area (Å²) in [5, 5.41) is 0. The van der Waals surface area contributed by atoms with Gasteiger partial charge in [0, 0.05) is 17.5 Å². The average Bonchev–Trinajstić information content (AvgIpc) is 3.10. The Balaban J connectivity index is 1.89. The monoisotopic (exact) mass is 345 g/mol. The van der Waals surface area contributed by atoms with Crippen LogP contribution in [0.5, 0.6) is 11.5 Å². The summed E-state index contributed by atoms with van der Waals surface area (Å²) in [6.07, 6.45) is 1.99. The van der Waals surface area contributed by atoms with Gasteiger partial charge in [-0.3, -0.25) is 4.40 Å². The van der Waals surface area contributed by atoms with Crippen molar-refractivity contribution in [2.45, 2.75) is 13.8 Å². The Labute approximate surface area is 129 Å². The minimum Gasteiger partial charge on any atom is -0.454 e. The summed E-state index contributed by atoms with van der Waals surface area (Å²) in [6.45, 7) is 4.28. The van der Waals surface area contributed by atoms with Crippen molar-refractivity contribution in [3.63, 3.8) is 0 Å². The molecule has 5 nitrogen and oxygen atoms in total. The van der Waals surface area contributed by atoms with E-state index < -0.39 is 0 Å². The van der Waals surface area contributed by atoms with E-state index in [0.717, 1.165) is 38.6 Å². The van der Waals surface area contributed by atoms with Crippen molar-refractivity contribution >= 4 is 21.7 Å². The van der Waals surface area contributed by atoms with E-state index in [1.165, 1.54) is 0 Å². The highest BCUT2D eigenvalue weighted by atomic mass is 79.9. The first kappa shape index (κ1) is 12.6. The van der Waals surface area contributed by atoms with Crippen LogP contribution in [0.25, 0.3) is 17.0 Å². The molecule has 0 bridgehead atoms. The van der Waals surface area contributed by atoms with Gasteiger partial charge in [0.05, 0.1) is 15.9 Å². The van der Waals surface area contributed by atoms with Gasteiger partial charge in [0.1, 0.15) is 0 Å². The van der Waals surface area contributed by atoms with Gasteiger partial charge in [0.2, 0.25) is 12.6 Å². The molecule has 3 aromatic rings. The lowest BCUT2D eigenvalue weighted by atomic mass is 10.1. The molecule has 0 amide bonds. The number of fused-ring (bicyclic) bond motifs is 2. The second kappa shape index (κ2) is 4.46. The Bertz CT molecular complexity index is 873. The van der Waals surface area contributed by atoms with Crippen molar-refractivity contribution in [3.8, 4) is 22.8 Å². The number of imidazole rings is 1. The van der Waals surface area contributed by atoms with Crippen LogP contribution < -0.4 is 9.47 Å². The fourth-order valence-corrected chi connectivity index (χ4v) is 2.74. The third-order valence-electron chi connectivity index (χ3n) is 3.62. The van der Waals surface area contributed by atoms with Crippen LogP contribution >= 0.6 is 15.9 Å². The van der Waals surface area contributed by atoms with Gasteiger partial charge in [-0.25, -0.2) is 9.97 Å². The van der Waals surface area contributed by atoms with Crippen molar-refractivity contribution in [1.82, 2.24) is 14.4 Å². The van der Waals surface area contributed by atoms with Crippen LogP contribution in [0.1, 0.15) is 11.4 Å². The number of nitrogens with zero attached hydrogens (tertiary/aromatic N) is 3. The highest BCUT2D eigenvalue weighted by Crippen LogP contribution is 2.35. The summed E-state index contributed by atoms with van der Waals surface area (Å²) >= 11 is 3.56. The Morgan fingerprint density at radius 2 is 1.95 bits per heavy atom. The highest BCUT2D eigenvalue weighted by Gasteiger charge is 2.16. The number of hydrogen-bond donors (Lipinski definition) is 0. The van der Waals surface area contributed by atoms with Crippen molar-refractivity contribution in [1.29, 1.82) is 0 Å². The topological polar surface area (TPSA) is 48.7 Å². The van der Waals surface area contributed by atoms with E-state index in [-0.39, 0.29) is 6.79 Å². The molecule has 1 aliphatic heterocycles. The maximum Gasteiger partial charge on any atom is 0.234 e. The van der Waals surface area contributed by atoms with Gasteiger partial charge >= 0.3 is 0 Å². The molecule has 106 valence electrons. The smallest absolute Gasteiger partial charge is 0.234 e. The first-order valence-corrected chi connectivity index (χ1v) is 7.34. The summed E-state index contributed by atoms with van der Waals surface area (Å²) in [5.41, 5.74) is 3.86. The number of aromatic nitrogens is 3. The molecule has 0 fully saturated rings. The van der Waals surface area contributed by atoms with Gasteiger partial charge in [0.25, 0.3) is 0 Å². The van der Waals surface area contributed by atoms with Crippen molar-refractivity contribution in [2.24, 2.45) is 0 Å². The highest BCUT2D eigenvalue weighted by molar-refractivity contribution is 9.10. The Morgan fingerprint density at radius 1 is 1.14 bits per heavy atom. The third-order valence-corrected chi connectivity index (χ3v) is 4.77. The third kappa shape index (κ3) is 1.90. The van der Waals surface area contributed by atoms with Crippen molar-refractivity contribution in [3.05, 3.63) is 40.3 Å². The molecule has 0 spiro atoms. The van der Waals surface area contributed by atoms with Gasteiger partial charge in [-0.1, -0.05) is 0 Å². The van der Waals surface area contributed by atoms with Gasteiger partial charge < -0.3 is 9.47 Å². The molecular formula is C15H12BrN3O2. The number of benzene rings is 1. The molecule has 0 aliphatic carbocycles. The molecule has 4 rings (SSSR count). The molecule has 1 aromatic carbocycles. The standard InChI is InChI=1S/C15H12BrN3O2/c1-8-14(16)9(2)19-6-11(18-15(19)17-8)10-3-4-12-13(5-10)21-7-20-12/h3-6H,7H2,1-2H3. The van der Waals surface area contributed by atoms with Crippen LogP contribution in [0, 0.1) is 13.8 Å². The van der Waals surface area contributed by atoms with Crippen LogP contribution in [0.4, 0.5) is 0 Å². The van der Waals surface area contributed by atoms with Crippen molar-refractivity contribution in [2.75, 3.05) is 6.79 Å². The molecule has 2 aromatic heterocycles. The Hall–Kier alpha value is -2.08. The molecule has 1 aliphatic rings. The minimum absolute atomic E-state index is 0.275. The molecular weight excluding hydrogens is 334 g/mol. The molecule has 0 atom stereocenters. The molecule has 21 heavy (non-hydrogen) atoms. The summed E-state index contributed by atoms with van der Waals surface area (Å²) in [7, 11) is 0. The minimum atomic E-state index is 0.275. The first-order chi connectivity index (χ1) is 10.1. The van der Waals surface area contributed by atoms with Crippen LogP contribution in [0.3, 0.4) is 0 Å². The number of hydrogen-bond acceptors (Lipinski definition) is 4. The SMILES string of the molecule is Cc1nc2nc(-c3ccc4c(c3)OCO4)cn2c(C)c1Br. The molecule has 0 unspecified atom stereocenters. The van der Waals surface area contributed by atoms with E-state index in [1.807, 2.05) is 42.6 Å². The summed E-state index contributed by atoms with van der Waals surface area (Å²) < 4.78 is 13.7. The summed E-state index contributed by atoms with van der Waals surface area (Å²) in [6, 6.07) is 5.83. The lowest BCUT2D eigenvalue weighted by molar-refractivity contribution is 0.174. The molecule has 3 heterocycles. The van der Waals surface area contributed by atoms with Crippen LogP contribution in [-0.4, -0.2) is 21.2 Å². The normalized spacial score (nSPS) is 13.1. The summed E-state index contributed by atoms with van der Waals surface area (Å²) in [4.78, 5) is 9.11.